The number of ether oxygens (including phenoxy) is 2. The number of benzene rings is 1. The van der Waals surface area contributed by atoms with Crippen LogP contribution in [-0.2, 0) is 4.74 Å². The summed E-state index contributed by atoms with van der Waals surface area (Å²) in [6.07, 6.45) is 0.777. The first-order valence-electron chi connectivity index (χ1n) is 5.95. The molecule has 0 bridgehead atoms. The summed E-state index contributed by atoms with van der Waals surface area (Å²) < 4.78 is 9.97. The smallest absolute Gasteiger partial charge is 0.337 e. The Bertz CT molecular complexity index is 470. The van der Waals surface area contributed by atoms with Gasteiger partial charge in [0.1, 0.15) is 0 Å². The molecule has 0 aliphatic rings. The van der Waals surface area contributed by atoms with Crippen molar-refractivity contribution < 1.29 is 19.2 Å². The first kappa shape index (κ1) is 14.9. The molecule has 0 saturated carbocycles. The third-order valence-electron chi connectivity index (χ3n) is 2.53. The van der Waals surface area contributed by atoms with Gasteiger partial charge in [0.25, 0.3) is 0 Å². The highest BCUT2D eigenvalue weighted by molar-refractivity contribution is 5.90. The van der Waals surface area contributed by atoms with Crippen molar-refractivity contribution in [2.75, 3.05) is 13.7 Å². The Labute approximate surface area is 111 Å². The Balaban J connectivity index is 2.95. The van der Waals surface area contributed by atoms with Gasteiger partial charge in [-0.2, -0.15) is 0 Å². The number of nitro groups is 1. The fourth-order valence-corrected chi connectivity index (χ4v) is 1.43. The van der Waals surface area contributed by atoms with Crippen LogP contribution < -0.4 is 4.74 Å². The predicted octanol–water partition coefficient (Wildman–Crippen LogP) is 2.81. The largest absolute Gasteiger partial charge is 0.487 e. The van der Waals surface area contributed by atoms with Gasteiger partial charge in [-0.3, -0.25) is 10.1 Å². The number of carbonyl (C=O) groups is 1. The lowest BCUT2D eigenvalue weighted by molar-refractivity contribution is -0.385. The summed E-state index contributed by atoms with van der Waals surface area (Å²) >= 11 is 0. The molecule has 0 aliphatic heterocycles. The standard InChI is InChI=1S/C13H17NO5/c1-9(2)6-7-19-12-8-10(13(15)18-3)4-5-11(12)14(16)17/h4-5,8-9H,6-7H2,1-3H3. The lowest BCUT2D eigenvalue weighted by Crippen LogP contribution is -2.06. The van der Waals surface area contributed by atoms with Crippen LogP contribution in [-0.4, -0.2) is 24.6 Å². The number of hydrogen-bond donors (Lipinski definition) is 0. The van der Waals surface area contributed by atoms with Crippen LogP contribution in [0.5, 0.6) is 5.75 Å². The van der Waals surface area contributed by atoms with E-state index in [1.807, 2.05) is 13.8 Å². The van der Waals surface area contributed by atoms with Crippen LogP contribution in [0.4, 0.5) is 5.69 Å². The van der Waals surface area contributed by atoms with Gasteiger partial charge in [0.15, 0.2) is 5.75 Å². The molecule has 1 rings (SSSR count). The second-order valence-corrected chi connectivity index (χ2v) is 4.46. The minimum absolute atomic E-state index is 0.0913. The van der Waals surface area contributed by atoms with Gasteiger partial charge in [0.05, 0.1) is 24.2 Å². The van der Waals surface area contributed by atoms with Crippen LogP contribution in [0, 0.1) is 16.0 Å². The van der Waals surface area contributed by atoms with E-state index < -0.39 is 10.9 Å². The van der Waals surface area contributed by atoms with Gasteiger partial charge in [-0.15, -0.1) is 0 Å². The molecule has 104 valence electrons. The van der Waals surface area contributed by atoms with Gasteiger partial charge >= 0.3 is 11.7 Å². The first-order chi connectivity index (χ1) is 8.95. The van der Waals surface area contributed by atoms with Crippen molar-refractivity contribution >= 4 is 11.7 Å². The molecule has 0 aromatic heterocycles. The molecule has 0 unspecified atom stereocenters. The third kappa shape index (κ3) is 4.24. The lowest BCUT2D eigenvalue weighted by Gasteiger charge is -2.09. The van der Waals surface area contributed by atoms with Crippen LogP contribution >= 0.6 is 0 Å². The molecule has 1 aromatic rings. The van der Waals surface area contributed by atoms with E-state index in [1.165, 1.54) is 25.3 Å². The number of esters is 1. The van der Waals surface area contributed by atoms with E-state index in [0.717, 1.165) is 6.42 Å². The van der Waals surface area contributed by atoms with Gasteiger partial charge in [-0.25, -0.2) is 4.79 Å². The molecule has 0 heterocycles. The summed E-state index contributed by atoms with van der Waals surface area (Å²) in [5.41, 5.74) is 0.0732. The summed E-state index contributed by atoms with van der Waals surface area (Å²) in [5, 5.41) is 10.9. The Morgan fingerprint density at radius 3 is 2.63 bits per heavy atom. The van der Waals surface area contributed by atoms with E-state index in [4.69, 9.17) is 4.74 Å². The summed E-state index contributed by atoms with van der Waals surface area (Å²) in [7, 11) is 1.25. The molecule has 6 nitrogen and oxygen atoms in total. The molecule has 0 amide bonds. The second kappa shape index (κ2) is 6.72. The first-order valence-corrected chi connectivity index (χ1v) is 5.95. The average molecular weight is 267 g/mol. The summed E-state index contributed by atoms with van der Waals surface area (Å²) in [6, 6.07) is 3.93. The van der Waals surface area contributed by atoms with Crippen molar-refractivity contribution in [1.29, 1.82) is 0 Å². The number of hydrogen-bond acceptors (Lipinski definition) is 5. The maximum Gasteiger partial charge on any atom is 0.337 e. The highest BCUT2D eigenvalue weighted by Crippen LogP contribution is 2.28. The Morgan fingerprint density at radius 1 is 1.42 bits per heavy atom. The van der Waals surface area contributed by atoms with Crippen molar-refractivity contribution in [2.45, 2.75) is 20.3 Å². The van der Waals surface area contributed by atoms with E-state index >= 15 is 0 Å². The maximum atomic E-state index is 11.4. The minimum atomic E-state index is -0.552. The molecule has 19 heavy (non-hydrogen) atoms. The quantitative estimate of drug-likeness (QED) is 0.450. The second-order valence-electron chi connectivity index (χ2n) is 4.46. The van der Waals surface area contributed by atoms with Crippen LogP contribution in [0.15, 0.2) is 18.2 Å². The van der Waals surface area contributed by atoms with Crippen molar-refractivity contribution in [3.05, 3.63) is 33.9 Å². The van der Waals surface area contributed by atoms with Crippen molar-refractivity contribution in [2.24, 2.45) is 5.92 Å². The number of rotatable bonds is 6. The monoisotopic (exact) mass is 267 g/mol. The van der Waals surface area contributed by atoms with Crippen LogP contribution in [0.1, 0.15) is 30.6 Å². The molecular formula is C13H17NO5. The predicted molar refractivity (Wildman–Crippen MR) is 69.4 cm³/mol. The van der Waals surface area contributed by atoms with Crippen molar-refractivity contribution in [3.8, 4) is 5.75 Å². The Hall–Kier alpha value is -2.11. The van der Waals surface area contributed by atoms with Crippen LogP contribution in [0.3, 0.4) is 0 Å². The molecular weight excluding hydrogens is 250 g/mol. The van der Waals surface area contributed by atoms with Gasteiger partial charge in [-0.1, -0.05) is 13.8 Å². The van der Waals surface area contributed by atoms with Gasteiger partial charge in [0, 0.05) is 12.1 Å². The zero-order valence-electron chi connectivity index (χ0n) is 11.2. The molecule has 6 heteroatoms. The zero-order valence-corrected chi connectivity index (χ0v) is 11.2. The van der Waals surface area contributed by atoms with E-state index in [9.17, 15) is 14.9 Å². The summed E-state index contributed by atoms with van der Waals surface area (Å²) in [6.45, 7) is 4.43. The number of carbonyl (C=O) groups excluding carboxylic acids is 1. The van der Waals surface area contributed by atoms with Crippen LogP contribution in [0.25, 0.3) is 0 Å². The topological polar surface area (TPSA) is 78.7 Å². The van der Waals surface area contributed by atoms with E-state index in [-0.39, 0.29) is 17.0 Å². The summed E-state index contributed by atoms with van der Waals surface area (Å²) in [4.78, 5) is 21.7. The van der Waals surface area contributed by atoms with E-state index in [1.54, 1.807) is 0 Å². The zero-order chi connectivity index (χ0) is 14.4. The van der Waals surface area contributed by atoms with Gasteiger partial charge < -0.3 is 9.47 Å². The van der Waals surface area contributed by atoms with Crippen molar-refractivity contribution in [3.63, 3.8) is 0 Å². The fourth-order valence-electron chi connectivity index (χ4n) is 1.43. The highest BCUT2D eigenvalue weighted by atomic mass is 16.6. The molecule has 0 atom stereocenters. The highest BCUT2D eigenvalue weighted by Gasteiger charge is 2.18. The molecule has 0 aliphatic carbocycles. The number of nitro benzene ring substituents is 1. The SMILES string of the molecule is COC(=O)c1ccc([N+](=O)[O-])c(OCCC(C)C)c1. The van der Waals surface area contributed by atoms with Gasteiger partial charge in [-0.05, 0) is 18.4 Å². The summed E-state index contributed by atoms with van der Waals surface area (Å²) in [5.74, 6) is -0.0278. The molecule has 0 N–H and O–H groups in total. The van der Waals surface area contributed by atoms with E-state index in [0.29, 0.717) is 12.5 Å². The van der Waals surface area contributed by atoms with Crippen LogP contribution in [0.2, 0.25) is 0 Å². The molecule has 0 fully saturated rings. The number of nitrogens with zero attached hydrogens (tertiary/aromatic N) is 1. The fraction of sp³-hybridized carbons (Fsp3) is 0.462. The normalized spacial score (nSPS) is 10.3. The average Bonchev–Trinajstić information content (AvgIpc) is 2.37. The Morgan fingerprint density at radius 2 is 2.11 bits per heavy atom. The maximum absolute atomic E-state index is 11.4. The van der Waals surface area contributed by atoms with Crippen molar-refractivity contribution in [1.82, 2.24) is 0 Å². The third-order valence-corrected chi connectivity index (χ3v) is 2.53. The van der Waals surface area contributed by atoms with Gasteiger partial charge in [0.2, 0.25) is 0 Å². The number of methoxy groups -OCH3 is 1. The molecule has 0 radical (unpaired) electrons. The molecule has 1 aromatic carbocycles. The van der Waals surface area contributed by atoms with E-state index in [2.05, 4.69) is 4.74 Å². The molecule has 0 spiro atoms. The lowest BCUT2D eigenvalue weighted by atomic mass is 10.1. The molecule has 0 saturated heterocycles. The minimum Gasteiger partial charge on any atom is -0.487 e. The Kier molecular flexibility index (Phi) is 5.29.